The van der Waals surface area contributed by atoms with Gasteiger partial charge in [0.05, 0.1) is 0 Å². The molecule has 5 nitrogen and oxygen atoms in total. The molecule has 0 spiro atoms. The van der Waals surface area contributed by atoms with E-state index in [0.717, 1.165) is 30.6 Å². The highest BCUT2D eigenvalue weighted by Crippen LogP contribution is 2.28. The van der Waals surface area contributed by atoms with E-state index in [1.54, 1.807) is 0 Å². The van der Waals surface area contributed by atoms with E-state index in [4.69, 9.17) is 16.0 Å². The number of halogens is 1. The molecule has 2 aromatic carbocycles. The second kappa shape index (κ2) is 6.17. The average Bonchev–Trinajstić information content (AvgIpc) is 3.21. The molecule has 1 N–H and O–H groups in total. The number of amides is 1. The van der Waals surface area contributed by atoms with E-state index >= 15 is 0 Å². The van der Waals surface area contributed by atoms with E-state index in [0.29, 0.717) is 10.6 Å². The Balaban J connectivity index is 1.53. The van der Waals surface area contributed by atoms with Gasteiger partial charge in [-0.25, -0.2) is 0 Å². The zero-order chi connectivity index (χ0) is 16.5. The Hall–Kier alpha value is -2.53. The van der Waals surface area contributed by atoms with Gasteiger partial charge in [-0.1, -0.05) is 23.7 Å². The van der Waals surface area contributed by atoms with Crippen molar-refractivity contribution >= 4 is 40.3 Å². The van der Waals surface area contributed by atoms with Crippen molar-refractivity contribution in [2.45, 2.75) is 18.9 Å². The van der Waals surface area contributed by atoms with Gasteiger partial charge < -0.3 is 9.32 Å². The molecule has 1 atom stereocenters. The van der Waals surface area contributed by atoms with Gasteiger partial charge in [0.1, 0.15) is 11.6 Å². The van der Waals surface area contributed by atoms with Crippen molar-refractivity contribution in [3.63, 3.8) is 0 Å². The summed E-state index contributed by atoms with van der Waals surface area (Å²) in [6.07, 6.45) is 1.77. The summed E-state index contributed by atoms with van der Waals surface area (Å²) in [6.45, 7) is 0.841. The zero-order valence-corrected chi connectivity index (χ0v) is 13.7. The van der Waals surface area contributed by atoms with Crippen LogP contribution in [-0.4, -0.2) is 23.5 Å². The van der Waals surface area contributed by atoms with Gasteiger partial charge in [0.15, 0.2) is 5.58 Å². The molecule has 3 aromatic rings. The average molecular weight is 342 g/mol. The maximum absolute atomic E-state index is 12.7. The number of carbonyl (C=O) groups excluding carboxylic acids is 1. The Morgan fingerprint density at radius 2 is 2.00 bits per heavy atom. The van der Waals surface area contributed by atoms with E-state index in [-0.39, 0.29) is 18.0 Å². The van der Waals surface area contributed by atoms with Gasteiger partial charge in [-0.2, -0.15) is 4.98 Å². The van der Waals surface area contributed by atoms with Crippen LogP contribution in [0.25, 0.3) is 11.1 Å². The number of carbonyl (C=O) groups is 1. The van der Waals surface area contributed by atoms with Crippen LogP contribution in [0, 0.1) is 0 Å². The molecule has 4 rings (SSSR count). The third-order valence-corrected chi connectivity index (χ3v) is 4.49. The summed E-state index contributed by atoms with van der Waals surface area (Å²) < 4.78 is 5.58. The Morgan fingerprint density at radius 1 is 1.21 bits per heavy atom. The number of anilines is 2. The molecule has 1 fully saturated rings. The van der Waals surface area contributed by atoms with E-state index in [9.17, 15) is 4.79 Å². The van der Waals surface area contributed by atoms with Crippen molar-refractivity contribution in [1.29, 1.82) is 0 Å². The van der Waals surface area contributed by atoms with Gasteiger partial charge in [0, 0.05) is 17.3 Å². The smallest absolute Gasteiger partial charge is 0.302 e. The molecule has 1 amide bonds. The predicted octanol–water partition coefficient (Wildman–Crippen LogP) is 4.09. The van der Waals surface area contributed by atoms with Crippen molar-refractivity contribution in [3.05, 3.63) is 53.6 Å². The van der Waals surface area contributed by atoms with Gasteiger partial charge in [0.25, 0.3) is 5.91 Å². The second-order valence-electron chi connectivity index (χ2n) is 5.80. The van der Waals surface area contributed by atoms with Gasteiger partial charge in [-0.15, -0.1) is 0 Å². The van der Waals surface area contributed by atoms with Crippen LogP contribution in [0.4, 0.5) is 11.7 Å². The largest absolute Gasteiger partial charge is 0.423 e. The van der Waals surface area contributed by atoms with E-state index in [2.05, 4.69) is 15.2 Å². The first-order valence-corrected chi connectivity index (χ1v) is 8.27. The number of nitrogens with zero attached hydrogens (tertiary/aromatic N) is 2. The molecule has 122 valence electrons. The van der Waals surface area contributed by atoms with Crippen LogP contribution in [0.2, 0.25) is 5.02 Å². The third kappa shape index (κ3) is 2.83. The fourth-order valence-electron chi connectivity index (χ4n) is 3.10. The quantitative estimate of drug-likeness (QED) is 0.779. The van der Waals surface area contributed by atoms with E-state index < -0.39 is 0 Å². The van der Waals surface area contributed by atoms with Crippen LogP contribution in [-0.2, 0) is 4.79 Å². The normalized spacial score (nSPS) is 17.4. The lowest BCUT2D eigenvalue weighted by Gasteiger charge is -2.25. The van der Waals surface area contributed by atoms with Crippen LogP contribution in [0.1, 0.15) is 12.8 Å². The summed E-state index contributed by atoms with van der Waals surface area (Å²) in [5.41, 5.74) is 2.39. The monoisotopic (exact) mass is 341 g/mol. The molecule has 2 heterocycles. The fraction of sp³-hybridized carbons (Fsp3) is 0.222. The molecule has 1 aromatic heterocycles. The molecule has 1 aliphatic rings. The van der Waals surface area contributed by atoms with Crippen molar-refractivity contribution < 1.29 is 9.21 Å². The van der Waals surface area contributed by atoms with Crippen LogP contribution < -0.4 is 10.2 Å². The number of nitrogens with one attached hydrogen (secondary N) is 1. The Morgan fingerprint density at radius 3 is 2.79 bits per heavy atom. The highest BCUT2D eigenvalue weighted by Gasteiger charge is 2.31. The summed E-state index contributed by atoms with van der Waals surface area (Å²) >= 11 is 5.94. The molecule has 0 aliphatic carbocycles. The molecule has 0 unspecified atom stereocenters. The molecular formula is C18H16ClN3O2. The number of oxazole rings is 1. The molecule has 6 heteroatoms. The van der Waals surface area contributed by atoms with Crippen molar-refractivity contribution in [2.24, 2.45) is 0 Å². The summed E-state index contributed by atoms with van der Waals surface area (Å²) in [6, 6.07) is 15.0. The minimum absolute atomic E-state index is 0.103. The number of hydrogen-bond donors (Lipinski definition) is 1. The number of aromatic nitrogens is 1. The standard InChI is InChI=1S/C18H16ClN3O2/c19-12-7-9-13(10-8-12)22-11-3-5-15(22)17(23)21-18-20-14-4-1-2-6-16(14)24-18/h1-2,4,6-10,15H,3,5,11H2,(H,20,21,23)/t15-/m0/s1. The summed E-state index contributed by atoms with van der Waals surface area (Å²) in [7, 11) is 0. The molecule has 1 aliphatic heterocycles. The van der Waals surface area contributed by atoms with Crippen molar-refractivity contribution in [1.82, 2.24) is 4.98 Å². The lowest BCUT2D eigenvalue weighted by atomic mass is 10.2. The lowest BCUT2D eigenvalue weighted by molar-refractivity contribution is -0.117. The van der Waals surface area contributed by atoms with Crippen LogP contribution in [0.15, 0.2) is 52.9 Å². The lowest BCUT2D eigenvalue weighted by Crippen LogP contribution is -2.39. The maximum Gasteiger partial charge on any atom is 0.302 e. The third-order valence-electron chi connectivity index (χ3n) is 4.24. The molecular weight excluding hydrogens is 326 g/mol. The SMILES string of the molecule is O=C(Nc1nc2ccccc2o1)[C@@H]1CCCN1c1ccc(Cl)cc1. The maximum atomic E-state index is 12.7. The molecule has 24 heavy (non-hydrogen) atoms. The fourth-order valence-corrected chi connectivity index (χ4v) is 3.22. The highest BCUT2D eigenvalue weighted by molar-refractivity contribution is 6.30. The van der Waals surface area contributed by atoms with Gasteiger partial charge in [-0.3, -0.25) is 10.1 Å². The number of benzene rings is 2. The minimum atomic E-state index is -0.235. The minimum Gasteiger partial charge on any atom is -0.423 e. The zero-order valence-electron chi connectivity index (χ0n) is 12.9. The summed E-state index contributed by atoms with van der Waals surface area (Å²) in [5, 5.41) is 3.49. The molecule has 0 radical (unpaired) electrons. The molecule has 0 saturated carbocycles. The summed E-state index contributed by atoms with van der Waals surface area (Å²) in [5.74, 6) is -0.103. The van der Waals surface area contributed by atoms with Gasteiger partial charge in [-0.05, 0) is 49.2 Å². The first-order chi connectivity index (χ1) is 11.7. The predicted molar refractivity (Wildman–Crippen MR) is 94.5 cm³/mol. The Labute approximate surface area is 144 Å². The Bertz CT molecular complexity index is 842. The number of fused-ring (bicyclic) bond motifs is 1. The highest BCUT2D eigenvalue weighted by atomic mass is 35.5. The number of rotatable bonds is 3. The van der Waals surface area contributed by atoms with E-state index in [1.807, 2.05) is 48.5 Å². The second-order valence-corrected chi connectivity index (χ2v) is 6.24. The van der Waals surface area contributed by atoms with Crippen LogP contribution >= 0.6 is 11.6 Å². The molecule has 1 saturated heterocycles. The number of para-hydroxylation sites is 2. The first kappa shape index (κ1) is 15.0. The van der Waals surface area contributed by atoms with Gasteiger partial charge in [0.2, 0.25) is 0 Å². The van der Waals surface area contributed by atoms with Crippen LogP contribution in [0.3, 0.4) is 0 Å². The van der Waals surface area contributed by atoms with Gasteiger partial charge >= 0.3 is 6.01 Å². The molecule has 0 bridgehead atoms. The summed E-state index contributed by atoms with van der Waals surface area (Å²) in [4.78, 5) is 19.1. The van der Waals surface area contributed by atoms with Crippen molar-refractivity contribution in [2.75, 3.05) is 16.8 Å². The van der Waals surface area contributed by atoms with E-state index in [1.165, 1.54) is 0 Å². The van der Waals surface area contributed by atoms with Crippen molar-refractivity contribution in [3.8, 4) is 0 Å². The van der Waals surface area contributed by atoms with Crippen LogP contribution in [0.5, 0.6) is 0 Å². The first-order valence-electron chi connectivity index (χ1n) is 7.89. The Kier molecular flexibility index (Phi) is 3.86. The topological polar surface area (TPSA) is 58.4 Å². The number of hydrogen-bond acceptors (Lipinski definition) is 4.